The number of nitrogens with one attached hydrogen (secondary N) is 2. The number of halogens is 1. The highest BCUT2D eigenvalue weighted by molar-refractivity contribution is 7.12. The van der Waals surface area contributed by atoms with E-state index in [2.05, 4.69) is 10.6 Å². The van der Waals surface area contributed by atoms with Gasteiger partial charge in [0, 0.05) is 22.8 Å². The molecule has 0 spiro atoms. The van der Waals surface area contributed by atoms with E-state index in [1.54, 1.807) is 30.3 Å². The number of aryl methyl sites for hydroxylation is 1. The molecule has 132 valence electrons. The third-order valence-electron chi connectivity index (χ3n) is 3.70. The Hall–Kier alpha value is -2.63. The van der Waals surface area contributed by atoms with Crippen LogP contribution in [0.4, 0.5) is 11.4 Å². The molecule has 0 atom stereocenters. The minimum absolute atomic E-state index is 0.0691. The first-order chi connectivity index (χ1) is 12.6. The lowest BCUT2D eigenvalue weighted by Gasteiger charge is -2.08. The molecule has 3 aromatic rings. The van der Waals surface area contributed by atoms with E-state index in [1.165, 1.54) is 11.3 Å². The van der Waals surface area contributed by atoms with Gasteiger partial charge in [0.25, 0.3) is 5.91 Å². The molecule has 6 heteroatoms. The van der Waals surface area contributed by atoms with Crippen LogP contribution >= 0.6 is 22.9 Å². The van der Waals surface area contributed by atoms with Crippen molar-refractivity contribution in [3.63, 3.8) is 0 Å². The third-order valence-corrected chi connectivity index (χ3v) is 4.80. The second kappa shape index (κ2) is 8.65. The summed E-state index contributed by atoms with van der Waals surface area (Å²) in [5.41, 5.74) is 2.40. The maximum Gasteiger partial charge on any atom is 0.265 e. The molecule has 26 heavy (non-hydrogen) atoms. The lowest BCUT2D eigenvalue weighted by Crippen LogP contribution is -2.13. The number of hydrogen-bond donors (Lipinski definition) is 2. The zero-order chi connectivity index (χ0) is 18.4. The van der Waals surface area contributed by atoms with Gasteiger partial charge in [-0.25, -0.2) is 0 Å². The van der Waals surface area contributed by atoms with E-state index in [0.29, 0.717) is 34.1 Å². The number of anilines is 2. The Balaban J connectivity index is 1.50. The molecule has 0 unspecified atom stereocenters. The molecule has 0 bridgehead atoms. The Kier molecular flexibility index (Phi) is 6.04. The normalized spacial score (nSPS) is 10.3. The molecule has 1 heterocycles. The molecule has 2 N–H and O–H groups in total. The number of hydrogen-bond acceptors (Lipinski definition) is 3. The van der Waals surface area contributed by atoms with Crippen molar-refractivity contribution < 1.29 is 9.59 Å². The lowest BCUT2D eigenvalue weighted by molar-refractivity contribution is -0.116. The predicted octanol–water partition coefficient (Wildman–Crippen LogP) is 5.23. The quantitative estimate of drug-likeness (QED) is 0.611. The summed E-state index contributed by atoms with van der Waals surface area (Å²) < 4.78 is 0. The Morgan fingerprint density at radius 3 is 2.31 bits per heavy atom. The summed E-state index contributed by atoms with van der Waals surface area (Å²) in [4.78, 5) is 24.7. The summed E-state index contributed by atoms with van der Waals surface area (Å²) >= 11 is 7.33. The van der Waals surface area contributed by atoms with Crippen LogP contribution in [0, 0.1) is 0 Å². The Labute approximate surface area is 160 Å². The molecular weight excluding hydrogens is 368 g/mol. The van der Waals surface area contributed by atoms with Crippen molar-refractivity contribution in [3.8, 4) is 0 Å². The predicted molar refractivity (Wildman–Crippen MR) is 107 cm³/mol. The number of thiophene rings is 1. The molecule has 4 nitrogen and oxygen atoms in total. The zero-order valence-electron chi connectivity index (χ0n) is 13.9. The van der Waals surface area contributed by atoms with E-state index in [4.69, 9.17) is 11.6 Å². The van der Waals surface area contributed by atoms with Crippen LogP contribution in [0.3, 0.4) is 0 Å². The molecule has 0 fully saturated rings. The fraction of sp³-hybridized carbons (Fsp3) is 0.100. The van der Waals surface area contributed by atoms with Crippen molar-refractivity contribution in [3.05, 3.63) is 81.5 Å². The van der Waals surface area contributed by atoms with E-state index >= 15 is 0 Å². The summed E-state index contributed by atoms with van der Waals surface area (Å²) in [5, 5.41) is 8.20. The molecule has 2 aromatic carbocycles. The Morgan fingerprint density at radius 2 is 1.65 bits per heavy atom. The van der Waals surface area contributed by atoms with Crippen LogP contribution in [0.25, 0.3) is 0 Å². The number of carbonyl (C=O) groups is 2. The van der Waals surface area contributed by atoms with Crippen molar-refractivity contribution in [2.24, 2.45) is 0 Å². The van der Waals surface area contributed by atoms with Gasteiger partial charge in [-0.3, -0.25) is 9.59 Å². The van der Waals surface area contributed by atoms with Gasteiger partial charge < -0.3 is 10.6 Å². The average molecular weight is 385 g/mol. The third kappa shape index (κ3) is 5.18. The highest BCUT2D eigenvalue weighted by Gasteiger charge is 2.07. The van der Waals surface area contributed by atoms with Gasteiger partial charge in [-0.1, -0.05) is 29.8 Å². The van der Waals surface area contributed by atoms with Crippen LogP contribution in [-0.4, -0.2) is 11.8 Å². The van der Waals surface area contributed by atoms with E-state index in [-0.39, 0.29) is 11.8 Å². The van der Waals surface area contributed by atoms with E-state index in [1.807, 2.05) is 35.7 Å². The Bertz CT molecular complexity index is 892. The maximum atomic E-state index is 12.1. The van der Waals surface area contributed by atoms with Gasteiger partial charge in [-0.15, -0.1) is 11.3 Å². The summed E-state index contributed by atoms with van der Waals surface area (Å²) in [6.07, 6.45) is 0.999. The van der Waals surface area contributed by atoms with Crippen molar-refractivity contribution in [2.75, 3.05) is 10.6 Å². The van der Waals surface area contributed by atoms with Gasteiger partial charge in [-0.05, 0) is 59.8 Å². The molecule has 0 aliphatic heterocycles. The summed E-state index contributed by atoms with van der Waals surface area (Å²) in [5.74, 6) is -0.210. The molecule has 0 aliphatic carbocycles. The highest BCUT2D eigenvalue weighted by atomic mass is 35.5. The molecule has 2 amide bonds. The standard InChI is InChI=1S/C20H17ClN2O2S/c21-15-4-1-3-14(13-15)6-11-19(24)22-16-7-9-17(10-8-16)23-20(25)18-5-2-12-26-18/h1-5,7-10,12-13H,6,11H2,(H,22,24)(H,23,25). The summed E-state index contributed by atoms with van der Waals surface area (Å²) in [6, 6.07) is 18.2. The minimum Gasteiger partial charge on any atom is -0.326 e. The maximum absolute atomic E-state index is 12.1. The van der Waals surface area contributed by atoms with Gasteiger partial charge in [-0.2, -0.15) is 0 Å². The second-order valence-electron chi connectivity index (χ2n) is 5.69. The van der Waals surface area contributed by atoms with Crippen molar-refractivity contribution >= 4 is 46.1 Å². The average Bonchev–Trinajstić information content (AvgIpc) is 3.17. The lowest BCUT2D eigenvalue weighted by atomic mass is 10.1. The van der Waals surface area contributed by atoms with E-state index in [9.17, 15) is 9.59 Å². The second-order valence-corrected chi connectivity index (χ2v) is 7.07. The van der Waals surface area contributed by atoms with Gasteiger partial charge in [0.05, 0.1) is 4.88 Å². The largest absolute Gasteiger partial charge is 0.326 e. The van der Waals surface area contributed by atoms with Crippen LogP contribution < -0.4 is 10.6 Å². The molecule has 1 aromatic heterocycles. The van der Waals surface area contributed by atoms with Crippen LogP contribution in [0.1, 0.15) is 21.7 Å². The van der Waals surface area contributed by atoms with Crippen LogP contribution in [0.15, 0.2) is 66.0 Å². The summed E-state index contributed by atoms with van der Waals surface area (Å²) in [6.45, 7) is 0. The van der Waals surface area contributed by atoms with Crippen molar-refractivity contribution in [2.45, 2.75) is 12.8 Å². The smallest absolute Gasteiger partial charge is 0.265 e. The molecule has 3 rings (SSSR count). The van der Waals surface area contributed by atoms with Gasteiger partial charge in [0.1, 0.15) is 0 Å². The fourth-order valence-corrected chi connectivity index (χ4v) is 3.24. The topological polar surface area (TPSA) is 58.2 Å². The van der Waals surface area contributed by atoms with Crippen molar-refractivity contribution in [1.29, 1.82) is 0 Å². The van der Waals surface area contributed by atoms with E-state index < -0.39 is 0 Å². The van der Waals surface area contributed by atoms with Gasteiger partial charge >= 0.3 is 0 Å². The van der Waals surface area contributed by atoms with E-state index in [0.717, 1.165) is 5.56 Å². The molecule has 0 aliphatic rings. The molecule has 0 saturated heterocycles. The first-order valence-corrected chi connectivity index (χ1v) is 9.35. The molecular formula is C20H17ClN2O2S. The van der Waals surface area contributed by atoms with Gasteiger partial charge in [0.2, 0.25) is 5.91 Å². The minimum atomic E-state index is -0.140. The first kappa shape index (κ1) is 18.2. The number of amides is 2. The van der Waals surface area contributed by atoms with Crippen LogP contribution in [0.2, 0.25) is 5.02 Å². The monoisotopic (exact) mass is 384 g/mol. The molecule has 0 radical (unpaired) electrons. The number of carbonyl (C=O) groups excluding carboxylic acids is 2. The highest BCUT2D eigenvalue weighted by Crippen LogP contribution is 2.17. The number of benzene rings is 2. The molecule has 0 saturated carbocycles. The van der Waals surface area contributed by atoms with Crippen LogP contribution in [0.5, 0.6) is 0 Å². The number of rotatable bonds is 6. The van der Waals surface area contributed by atoms with Crippen molar-refractivity contribution in [1.82, 2.24) is 0 Å². The SMILES string of the molecule is O=C(CCc1cccc(Cl)c1)Nc1ccc(NC(=O)c2cccs2)cc1. The first-order valence-electron chi connectivity index (χ1n) is 8.09. The zero-order valence-corrected chi connectivity index (χ0v) is 15.4. The Morgan fingerprint density at radius 1 is 0.923 bits per heavy atom. The van der Waals surface area contributed by atoms with Gasteiger partial charge in [0.15, 0.2) is 0 Å². The fourth-order valence-electron chi connectivity index (χ4n) is 2.41. The summed E-state index contributed by atoms with van der Waals surface area (Å²) in [7, 11) is 0. The van der Waals surface area contributed by atoms with Crippen LogP contribution in [-0.2, 0) is 11.2 Å².